The molecule has 1 rings (SSSR count). The van der Waals surface area contributed by atoms with Crippen LogP contribution in [0.25, 0.3) is 0 Å². The summed E-state index contributed by atoms with van der Waals surface area (Å²) in [6.07, 6.45) is 3.24. The van der Waals surface area contributed by atoms with Crippen LogP contribution in [0.4, 0.5) is 0 Å². The van der Waals surface area contributed by atoms with Gasteiger partial charge in [-0.2, -0.15) is 0 Å². The highest BCUT2D eigenvalue weighted by Crippen LogP contribution is 2.17. The van der Waals surface area contributed by atoms with Gasteiger partial charge < -0.3 is 0 Å². The molecule has 0 bridgehead atoms. The van der Waals surface area contributed by atoms with Gasteiger partial charge in [-0.1, -0.05) is 0 Å². The average molecular weight is 177 g/mol. The number of halogens is 2. The van der Waals surface area contributed by atoms with Crippen LogP contribution in [0.5, 0.6) is 0 Å². The SMILES string of the molecule is CC(Cl)c1cnc(Cl)nc1. The zero-order chi connectivity index (χ0) is 7.56. The minimum absolute atomic E-state index is 0.0581. The molecule has 54 valence electrons. The van der Waals surface area contributed by atoms with Gasteiger partial charge in [0.1, 0.15) is 0 Å². The Balaban J connectivity index is 2.89. The lowest BCUT2D eigenvalue weighted by atomic mass is 10.3. The third kappa shape index (κ3) is 1.82. The molecule has 1 unspecified atom stereocenters. The summed E-state index contributed by atoms with van der Waals surface area (Å²) in [5, 5.41) is 0.193. The number of alkyl halides is 1. The van der Waals surface area contributed by atoms with E-state index >= 15 is 0 Å². The van der Waals surface area contributed by atoms with E-state index in [9.17, 15) is 0 Å². The molecule has 1 heterocycles. The van der Waals surface area contributed by atoms with Crippen LogP contribution in [0, 0.1) is 0 Å². The Hall–Kier alpha value is -0.340. The number of nitrogens with zero attached hydrogens (tertiary/aromatic N) is 2. The highest BCUT2D eigenvalue weighted by Gasteiger charge is 2.00. The smallest absolute Gasteiger partial charge is 0.222 e. The van der Waals surface area contributed by atoms with Gasteiger partial charge in [0, 0.05) is 18.0 Å². The molecule has 0 aliphatic rings. The summed E-state index contributed by atoms with van der Waals surface area (Å²) < 4.78 is 0. The van der Waals surface area contributed by atoms with Crippen molar-refractivity contribution in [2.75, 3.05) is 0 Å². The molecule has 0 aliphatic heterocycles. The number of hydrogen-bond donors (Lipinski definition) is 0. The Morgan fingerprint density at radius 2 is 1.90 bits per heavy atom. The largest absolute Gasteiger partial charge is 0.226 e. The molecular weight excluding hydrogens is 171 g/mol. The Morgan fingerprint density at radius 1 is 1.40 bits per heavy atom. The molecule has 0 saturated heterocycles. The summed E-state index contributed by atoms with van der Waals surface area (Å²) in [6, 6.07) is 0. The van der Waals surface area contributed by atoms with Crippen LogP contribution in [0.15, 0.2) is 12.4 Å². The highest BCUT2D eigenvalue weighted by molar-refractivity contribution is 6.28. The molecule has 1 aromatic heterocycles. The van der Waals surface area contributed by atoms with E-state index in [1.54, 1.807) is 12.4 Å². The summed E-state index contributed by atoms with van der Waals surface area (Å²) in [4.78, 5) is 7.54. The van der Waals surface area contributed by atoms with Gasteiger partial charge in [0.15, 0.2) is 0 Å². The Labute approximate surface area is 69.2 Å². The normalized spacial score (nSPS) is 13.1. The average Bonchev–Trinajstić information content (AvgIpc) is 1.88. The van der Waals surface area contributed by atoms with Crippen LogP contribution < -0.4 is 0 Å². The fraction of sp³-hybridized carbons (Fsp3) is 0.333. The van der Waals surface area contributed by atoms with Gasteiger partial charge in [0.25, 0.3) is 0 Å². The van der Waals surface area contributed by atoms with Crippen molar-refractivity contribution in [3.63, 3.8) is 0 Å². The maximum atomic E-state index is 5.73. The monoisotopic (exact) mass is 176 g/mol. The Bertz CT molecular complexity index is 207. The van der Waals surface area contributed by atoms with Crippen molar-refractivity contribution in [1.82, 2.24) is 9.97 Å². The first-order valence-electron chi connectivity index (χ1n) is 2.81. The fourth-order valence-electron chi connectivity index (χ4n) is 0.528. The van der Waals surface area contributed by atoms with Crippen molar-refractivity contribution < 1.29 is 0 Å². The van der Waals surface area contributed by atoms with Gasteiger partial charge in [-0.05, 0) is 18.5 Å². The van der Waals surface area contributed by atoms with Gasteiger partial charge in [0.05, 0.1) is 5.38 Å². The molecule has 0 radical (unpaired) electrons. The lowest BCUT2D eigenvalue weighted by Gasteiger charge is -1.99. The van der Waals surface area contributed by atoms with E-state index in [-0.39, 0.29) is 10.7 Å². The minimum atomic E-state index is -0.0581. The van der Waals surface area contributed by atoms with Gasteiger partial charge in [0.2, 0.25) is 5.28 Å². The number of rotatable bonds is 1. The third-order valence-corrected chi connectivity index (χ3v) is 1.55. The van der Waals surface area contributed by atoms with Crippen molar-refractivity contribution in [2.24, 2.45) is 0 Å². The Morgan fingerprint density at radius 3 is 2.30 bits per heavy atom. The number of aromatic nitrogens is 2. The molecule has 10 heavy (non-hydrogen) atoms. The first-order chi connectivity index (χ1) is 4.70. The molecule has 0 saturated carbocycles. The van der Waals surface area contributed by atoms with E-state index in [2.05, 4.69) is 9.97 Å². The van der Waals surface area contributed by atoms with Crippen molar-refractivity contribution in [3.8, 4) is 0 Å². The van der Waals surface area contributed by atoms with E-state index in [0.29, 0.717) is 0 Å². The lowest BCUT2D eigenvalue weighted by Crippen LogP contribution is -1.88. The van der Waals surface area contributed by atoms with E-state index < -0.39 is 0 Å². The van der Waals surface area contributed by atoms with Crippen molar-refractivity contribution in [2.45, 2.75) is 12.3 Å². The molecule has 2 nitrogen and oxygen atoms in total. The predicted molar refractivity (Wildman–Crippen MR) is 41.3 cm³/mol. The van der Waals surface area contributed by atoms with E-state index in [4.69, 9.17) is 23.2 Å². The molecule has 0 spiro atoms. The van der Waals surface area contributed by atoms with Crippen LogP contribution in [-0.4, -0.2) is 9.97 Å². The summed E-state index contributed by atoms with van der Waals surface area (Å²) in [5.74, 6) is 0. The van der Waals surface area contributed by atoms with Crippen LogP contribution in [0.2, 0.25) is 5.28 Å². The van der Waals surface area contributed by atoms with Crippen molar-refractivity contribution >= 4 is 23.2 Å². The zero-order valence-electron chi connectivity index (χ0n) is 5.38. The van der Waals surface area contributed by atoms with E-state index in [1.165, 1.54) is 0 Å². The minimum Gasteiger partial charge on any atom is -0.226 e. The molecule has 1 aromatic rings. The molecule has 0 fully saturated rings. The predicted octanol–water partition coefficient (Wildman–Crippen LogP) is 2.43. The standard InChI is InChI=1S/C6H6Cl2N2/c1-4(7)5-2-9-6(8)10-3-5/h2-4H,1H3. The maximum Gasteiger partial charge on any atom is 0.222 e. The van der Waals surface area contributed by atoms with Crippen LogP contribution in [-0.2, 0) is 0 Å². The molecular formula is C6H6Cl2N2. The van der Waals surface area contributed by atoms with Crippen LogP contribution in [0.1, 0.15) is 17.9 Å². The summed E-state index contributed by atoms with van der Waals surface area (Å²) in [7, 11) is 0. The first kappa shape index (κ1) is 7.76. The van der Waals surface area contributed by atoms with Gasteiger partial charge in [-0.3, -0.25) is 0 Å². The van der Waals surface area contributed by atoms with Crippen molar-refractivity contribution in [3.05, 3.63) is 23.2 Å². The van der Waals surface area contributed by atoms with Crippen molar-refractivity contribution in [1.29, 1.82) is 0 Å². The quantitative estimate of drug-likeness (QED) is 0.486. The van der Waals surface area contributed by atoms with Crippen LogP contribution >= 0.6 is 23.2 Å². The van der Waals surface area contributed by atoms with Gasteiger partial charge >= 0.3 is 0 Å². The van der Waals surface area contributed by atoms with Gasteiger partial charge in [-0.25, -0.2) is 9.97 Å². The lowest BCUT2D eigenvalue weighted by molar-refractivity contribution is 1.01. The van der Waals surface area contributed by atoms with E-state index in [0.717, 1.165) is 5.56 Å². The molecule has 4 heteroatoms. The molecule has 0 aliphatic carbocycles. The summed E-state index contributed by atoms with van der Waals surface area (Å²) in [5.41, 5.74) is 0.881. The fourth-order valence-corrected chi connectivity index (χ4v) is 0.738. The zero-order valence-corrected chi connectivity index (χ0v) is 6.89. The van der Waals surface area contributed by atoms with Gasteiger partial charge in [-0.15, -0.1) is 11.6 Å². The highest BCUT2D eigenvalue weighted by atomic mass is 35.5. The first-order valence-corrected chi connectivity index (χ1v) is 3.63. The third-order valence-electron chi connectivity index (χ3n) is 1.10. The topological polar surface area (TPSA) is 25.8 Å². The summed E-state index contributed by atoms with van der Waals surface area (Å²) >= 11 is 11.2. The molecule has 1 atom stereocenters. The second-order valence-corrected chi connectivity index (χ2v) is 2.89. The number of hydrogen-bond acceptors (Lipinski definition) is 2. The summed E-state index contributed by atoms with van der Waals surface area (Å²) in [6.45, 7) is 1.86. The molecule has 0 amide bonds. The molecule has 0 aromatic carbocycles. The van der Waals surface area contributed by atoms with E-state index in [1.807, 2.05) is 6.92 Å². The second kappa shape index (κ2) is 3.17. The molecule has 0 N–H and O–H groups in total. The second-order valence-electron chi connectivity index (χ2n) is 1.90. The Kier molecular flexibility index (Phi) is 2.46. The van der Waals surface area contributed by atoms with Crippen LogP contribution in [0.3, 0.4) is 0 Å². The maximum absolute atomic E-state index is 5.73.